The SMILES string of the molecule is CC(C)(C)OC(=O)N1[C@H](C(=O)N2CCC[C@H]2C#N)C[C@@H]2C[C@@H](O)CC[C@@H]21. The molecule has 2 aliphatic heterocycles. The molecular formula is C19H29N3O4. The molecule has 7 heteroatoms. The van der Waals surface area contributed by atoms with Crippen molar-refractivity contribution < 1.29 is 19.4 Å². The Morgan fingerprint density at radius 1 is 1.19 bits per heavy atom. The highest BCUT2D eigenvalue weighted by atomic mass is 16.6. The third kappa shape index (κ3) is 3.66. The van der Waals surface area contributed by atoms with Crippen molar-refractivity contribution in [3.63, 3.8) is 0 Å². The van der Waals surface area contributed by atoms with Gasteiger partial charge in [0, 0.05) is 12.6 Å². The van der Waals surface area contributed by atoms with E-state index in [1.165, 1.54) is 0 Å². The number of nitriles is 1. The number of amides is 2. The lowest BCUT2D eigenvalue weighted by Crippen LogP contribution is -2.53. The summed E-state index contributed by atoms with van der Waals surface area (Å²) < 4.78 is 5.58. The predicted octanol–water partition coefficient (Wildman–Crippen LogP) is 2.04. The smallest absolute Gasteiger partial charge is 0.411 e. The summed E-state index contributed by atoms with van der Waals surface area (Å²) in [6, 6.07) is 1.12. The third-order valence-electron chi connectivity index (χ3n) is 5.71. The summed E-state index contributed by atoms with van der Waals surface area (Å²) in [4.78, 5) is 29.3. The summed E-state index contributed by atoms with van der Waals surface area (Å²) >= 11 is 0. The molecule has 0 bridgehead atoms. The topological polar surface area (TPSA) is 93.9 Å². The van der Waals surface area contributed by atoms with Crippen LogP contribution in [0.25, 0.3) is 0 Å². The Labute approximate surface area is 154 Å². The molecule has 26 heavy (non-hydrogen) atoms. The van der Waals surface area contributed by atoms with Gasteiger partial charge in [-0.2, -0.15) is 5.26 Å². The number of aliphatic hydroxyl groups excluding tert-OH is 1. The lowest BCUT2D eigenvalue weighted by Gasteiger charge is -2.36. The van der Waals surface area contributed by atoms with E-state index >= 15 is 0 Å². The number of hydrogen-bond donors (Lipinski definition) is 1. The van der Waals surface area contributed by atoms with Gasteiger partial charge in [0.15, 0.2) is 0 Å². The first-order valence-electron chi connectivity index (χ1n) is 9.60. The van der Waals surface area contributed by atoms with E-state index in [1.807, 2.05) is 20.8 Å². The van der Waals surface area contributed by atoms with Crippen molar-refractivity contribution in [1.29, 1.82) is 5.26 Å². The minimum Gasteiger partial charge on any atom is -0.444 e. The molecule has 0 aromatic carbocycles. The van der Waals surface area contributed by atoms with E-state index in [2.05, 4.69) is 6.07 Å². The van der Waals surface area contributed by atoms with Gasteiger partial charge in [-0.1, -0.05) is 0 Å². The highest BCUT2D eigenvalue weighted by molar-refractivity contribution is 5.87. The van der Waals surface area contributed by atoms with Crippen LogP contribution < -0.4 is 0 Å². The van der Waals surface area contributed by atoms with Gasteiger partial charge >= 0.3 is 6.09 Å². The van der Waals surface area contributed by atoms with Gasteiger partial charge in [-0.05, 0) is 65.2 Å². The van der Waals surface area contributed by atoms with Crippen LogP contribution in [0.3, 0.4) is 0 Å². The Morgan fingerprint density at radius 2 is 1.92 bits per heavy atom. The first-order chi connectivity index (χ1) is 12.2. The van der Waals surface area contributed by atoms with Crippen LogP contribution in [0.2, 0.25) is 0 Å². The Bertz CT molecular complexity index is 609. The van der Waals surface area contributed by atoms with Crippen LogP contribution in [-0.2, 0) is 9.53 Å². The zero-order valence-electron chi connectivity index (χ0n) is 15.9. The Balaban J connectivity index is 1.84. The second-order valence-electron chi connectivity index (χ2n) is 8.75. The number of hydrogen-bond acceptors (Lipinski definition) is 5. The molecule has 0 aromatic rings. The van der Waals surface area contributed by atoms with Crippen molar-refractivity contribution in [3.8, 4) is 6.07 Å². The molecule has 1 saturated carbocycles. The van der Waals surface area contributed by atoms with Gasteiger partial charge in [-0.25, -0.2) is 4.79 Å². The van der Waals surface area contributed by atoms with E-state index < -0.39 is 23.8 Å². The first-order valence-corrected chi connectivity index (χ1v) is 9.60. The van der Waals surface area contributed by atoms with Crippen molar-refractivity contribution in [1.82, 2.24) is 9.80 Å². The summed E-state index contributed by atoms with van der Waals surface area (Å²) in [6.45, 7) is 6.00. The molecule has 3 rings (SSSR count). The van der Waals surface area contributed by atoms with Crippen LogP contribution in [0.5, 0.6) is 0 Å². The van der Waals surface area contributed by atoms with E-state index in [0.29, 0.717) is 38.6 Å². The minimum absolute atomic E-state index is 0.0784. The zero-order chi connectivity index (χ0) is 19.1. The number of fused-ring (bicyclic) bond motifs is 1. The van der Waals surface area contributed by atoms with Crippen LogP contribution in [0.4, 0.5) is 4.79 Å². The zero-order valence-corrected chi connectivity index (χ0v) is 15.9. The highest BCUT2D eigenvalue weighted by Gasteiger charge is 2.51. The maximum atomic E-state index is 13.2. The number of rotatable bonds is 1. The van der Waals surface area contributed by atoms with E-state index in [4.69, 9.17) is 4.74 Å². The second kappa shape index (κ2) is 7.07. The lowest BCUT2D eigenvalue weighted by atomic mass is 9.83. The van der Waals surface area contributed by atoms with Crippen molar-refractivity contribution in [2.24, 2.45) is 5.92 Å². The molecule has 1 N–H and O–H groups in total. The van der Waals surface area contributed by atoms with Crippen LogP contribution in [0.1, 0.15) is 59.3 Å². The second-order valence-corrected chi connectivity index (χ2v) is 8.75. The summed E-state index contributed by atoms with van der Waals surface area (Å²) in [5.41, 5.74) is -0.639. The molecule has 3 aliphatic rings. The monoisotopic (exact) mass is 363 g/mol. The Hall–Kier alpha value is -1.81. The molecule has 2 saturated heterocycles. The van der Waals surface area contributed by atoms with Crippen LogP contribution >= 0.6 is 0 Å². The molecule has 144 valence electrons. The van der Waals surface area contributed by atoms with Crippen molar-refractivity contribution >= 4 is 12.0 Å². The first kappa shape index (κ1) is 19.0. The molecule has 7 nitrogen and oxygen atoms in total. The van der Waals surface area contributed by atoms with E-state index in [-0.39, 0.29) is 24.0 Å². The van der Waals surface area contributed by atoms with Crippen molar-refractivity contribution in [2.45, 2.75) is 89.1 Å². The van der Waals surface area contributed by atoms with Crippen LogP contribution in [0, 0.1) is 17.2 Å². The Kier molecular flexibility index (Phi) is 5.16. The maximum Gasteiger partial charge on any atom is 0.411 e. The largest absolute Gasteiger partial charge is 0.444 e. The van der Waals surface area contributed by atoms with E-state index in [0.717, 1.165) is 6.42 Å². The molecule has 1 aliphatic carbocycles. The van der Waals surface area contributed by atoms with E-state index in [9.17, 15) is 20.0 Å². The van der Waals surface area contributed by atoms with Gasteiger partial charge in [0.2, 0.25) is 5.91 Å². The fourth-order valence-electron chi connectivity index (χ4n) is 4.63. The molecule has 2 heterocycles. The predicted molar refractivity (Wildman–Crippen MR) is 94.0 cm³/mol. The number of ether oxygens (including phenoxy) is 1. The number of aliphatic hydroxyl groups is 1. The average molecular weight is 363 g/mol. The fourth-order valence-corrected chi connectivity index (χ4v) is 4.63. The molecule has 0 aromatic heterocycles. The molecule has 2 amide bonds. The van der Waals surface area contributed by atoms with Gasteiger partial charge in [-0.3, -0.25) is 9.69 Å². The maximum absolute atomic E-state index is 13.2. The third-order valence-corrected chi connectivity index (χ3v) is 5.71. The summed E-state index contributed by atoms with van der Waals surface area (Å²) in [6.07, 6.45) is 3.12. The summed E-state index contributed by atoms with van der Waals surface area (Å²) in [5, 5.41) is 19.3. The molecule has 3 fully saturated rings. The fraction of sp³-hybridized carbons (Fsp3) is 0.842. The highest BCUT2D eigenvalue weighted by Crippen LogP contribution is 2.41. The Morgan fingerprint density at radius 3 is 2.58 bits per heavy atom. The molecule has 0 unspecified atom stereocenters. The van der Waals surface area contributed by atoms with Gasteiger partial charge in [-0.15, -0.1) is 0 Å². The number of likely N-dealkylation sites (tertiary alicyclic amines) is 2. The standard InChI is InChI=1S/C19H29N3O4/c1-19(2,3)26-18(25)22-15-7-6-14(23)9-12(15)10-16(22)17(24)21-8-4-5-13(21)11-20/h12-16,23H,4-10H2,1-3H3/t12-,13-,14-,15-,16-/m0/s1. The normalized spacial score (nSPS) is 34.3. The van der Waals surface area contributed by atoms with Gasteiger partial charge in [0.25, 0.3) is 0 Å². The summed E-state index contributed by atoms with van der Waals surface area (Å²) in [7, 11) is 0. The lowest BCUT2D eigenvalue weighted by molar-refractivity contribution is -0.136. The van der Waals surface area contributed by atoms with Crippen LogP contribution in [-0.4, -0.2) is 63.3 Å². The van der Waals surface area contributed by atoms with Crippen LogP contribution in [0.15, 0.2) is 0 Å². The van der Waals surface area contributed by atoms with Gasteiger partial charge < -0.3 is 14.7 Å². The molecule has 5 atom stereocenters. The average Bonchev–Trinajstić information content (AvgIpc) is 3.16. The quantitative estimate of drug-likeness (QED) is 0.769. The molecular weight excluding hydrogens is 334 g/mol. The molecule has 0 radical (unpaired) electrons. The van der Waals surface area contributed by atoms with E-state index in [1.54, 1.807) is 9.80 Å². The number of nitrogens with zero attached hydrogens (tertiary/aromatic N) is 3. The van der Waals surface area contributed by atoms with Crippen molar-refractivity contribution in [2.75, 3.05) is 6.54 Å². The summed E-state index contributed by atoms with van der Waals surface area (Å²) in [5.74, 6) is -0.0489. The van der Waals surface area contributed by atoms with Gasteiger partial charge in [0.1, 0.15) is 17.7 Å². The number of carbonyl (C=O) groups is 2. The molecule has 0 spiro atoms. The number of carbonyl (C=O) groups excluding carboxylic acids is 2. The van der Waals surface area contributed by atoms with Gasteiger partial charge in [0.05, 0.1) is 12.2 Å². The minimum atomic E-state index is -0.639. The van der Waals surface area contributed by atoms with Crippen molar-refractivity contribution in [3.05, 3.63) is 0 Å².